The monoisotopic (exact) mass is 315 g/mol. The Hall–Kier alpha value is -0.835. The molecule has 1 aromatic carbocycles. The van der Waals surface area contributed by atoms with Gasteiger partial charge in [-0.1, -0.05) is 18.2 Å². The molecule has 2 aliphatic heterocycles. The Morgan fingerprint density at radius 2 is 1.83 bits per heavy atom. The van der Waals surface area contributed by atoms with Gasteiger partial charge in [0.15, 0.2) is 0 Å². The predicted octanol–water partition coefficient (Wildman–Crippen LogP) is 3.28. The van der Waals surface area contributed by atoms with Crippen molar-refractivity contribution in [3.8, 4) is 0 Å². The Labute approximate surface area is 141 Å². The maximum atomic E-state index is 6.20. The van der Waals surface area contributed by atoms with Gasteiger partial charge in [0, 0.05) is 12.6 Å². The summed E-state index contributed by atoms with van der Waals surface area (Å²) in [6.07, 6.45) is 2.63. The maximum Gasteiger partial charge on any atom is 0.494 e. The molecule has 0 aliphatic carbocycles. The van der Waals surface area contributed by atoms with Crippen LogP contribution < -0.4 is 5.46 Å². The van der Waals surface area contributed by atoms with Crippen LogP contribution in [0.15, 0.2) is 18.2 Å². The van der Waals surface area contributed by atoms with Crippen LogP contribution in [0.4, 0.5) is 0 Å². The second-order valence-corrected chi connectivity index (χ2v) is 8.24. The zero-order valence-corrected chi connectivity index (χ0v) is 15.5. The lowest BCUT2D eigenvalue weighted by atomic mass is 9.77. The third kappa shape index (κ3) is 3.22. The Bertz CT molecular complexity index is 569. The van der Waals surface area contributed by atoms with Crippen molar-refractivity contribution in [3.05, 3.63) is 29.3 Å². The lowest BCUT2D eigenvalue weighted by Crippen LogP contribution is -2.41. The Balaban J connectivity index is 1.81. The van der Waals surface area contributed by atoms with Gasteiger partial charge in [0.2, 0.25) is 0 Å². The fourth-order valence-electron chi connectivity index (χ4n) is 3.43. The SMILES string of the molecule is Cc1ccc(B2OC(C)(C)C(C)(C)O2)cc1CN1CCCC1C. The molecule has 0 saturated carbocycles. The molecule has 3 rings (SSSR count). The van der Waals surface area contributed by atoms with Gasteiger partial charge in [-0.3, -0.25) is 4.90 Å². The standard InChI is InChI=1S/C19H30BNO2/c1-14-9-10-17(20-22-18(3,4)19(5,6)23-20)12-16(14)13-21-11-7-8-15(21)2/h9-10,12,15H,7-8,11,13H2,1-6H3. The van der Waals surface area contributed by atoms with Gasteiger partial charge < -0.3 is 9.31 Å². The zero-order chi connectivity index (χ0) is 16.8. The van der Waals surface area contributed by atoms with Gasteiger partial charge in [0.25, 0.3) is 0 Å². The van der Waals surface area contributed by atoms with E-state index in [1.54, 1.807) is 0 Å². The lowest BCUT2D eigenvalue weighted by molar-refractivity contribution is 0.00578. The second kappa shape index (κ2) is 5.91. The van der Waals surface area contributed by atoms with Gasteiger partial charge in [-0.25, -0.2) is 0 Å². The molecule has 3 nitrogen and oxygen atoms in total. The highest BCUT2D eigenvalue weighted by Crippen LogP contribution is 2.36. The lowest BCUT2D eigenvalue weighted by Gasteiger charge is -2.32. The molecule has 1 aromatic rings. The van der Waals surface area contributed by atoms with Gasteiger partial charge in [0.1, 0.15) is 0 Å². The molecule has 1 unspecified atom stereocenters. The van der Waals surface area contributed by atoms with Crippen molar-refractivity contribution in [1.82, 2.24) is 4.90 Å². The first-order chi connectivity index (χ1) is 10.7. The van der Waals surface area contributed by atoms with Crippen molar-refractivity contribution >= 4 is 12.6 Å². The van der Waals surface area contributed by atoms with Crippen LogP contribution in [0.25, 0.3) is 0 Å². The first-order valence-electron chi connectivity index (χ1n) is 8.89. The topological polar surface area (TPSA) is 21.7 Å². The number of likely N-dealkylation sites (tertiary alicyclic amines) is 1. The van der Waals surface area contributed by atoms with E-state index in [0.29, 0.717) is 6.04 Å². The van der Waals surface area contributed by atoms with Crippen molar-refractivity contribution in [2.75, 3.05) is 6.54 Å². The van der Waals surface area contributed by atoms with Crippen molar-refractivity contribution in [1.29, 1.82) is 0 Å². The maximum absolute atomic E-state index is 6.20. The summed E-state index contributed by atoms with van der Waals surface area (Å²) in [6, 6.07) is 7.32. The van der Waals surface area contributed by atoms with Crippen LogP contribution in [0.3, 0.4) is 0 Å². The van der Waals surface area contributed by atoms with Gasteiger partial charge >= 0.3 is 7.12 Å². The number of aryl methyl sites for hydroxylation is 1. The molecular formula is C19H30BNO2. The quantitative estimate of drug-likeness (QED) is 0.799. The predicted molar refractivity (Wildman–Crippen MR) is 96.0 cm³/mol. The molecule has 0 spiro atoms. The molecule has 2 saturated heterocycles. The number of hydrogen-bond acceptors (Lipinski definition) is 3. The third-order valence-electron chi connectivity index (χ3n) is 5.96. The molecule has 0 aromatic heterocycles. The minimum absolute atomic E-state index is 0.268. The van der Waals surface area contributed by atoms with Crippen molar-refractivity contribution in [2.24, 2.45) is 0 Å². The summed E-state index contributed by atoms with van der Waals surface area (Å²) >= 11 is 0. The molecule has 23 heavy (non-hydrogen) atoms. The molecule has 0 radical (unpaired) electrons. The van der Waals surface area contributed by atoms with Crippen LogP contribution in [0.5, 0.6) is 0 Å². The highest BCUT2D eigenvalue weighted by molar-refractivity contribution is 6.62. The minimum Gasteiger partial charge on any atom is -0.399 e. The van der Waals surface area contributed by atoms with E-state index in [-0.39, 0.29) is 18.3 Å². The summed E-state index contributed by atoms with van der Waals surface area (Å²) in [5, 5.41) is 0. The molecule has 2 heterocycles. The summed E-state index contributed by atoms with van der Waals surface area (Å²) in [5.41, 5.74) is 3.31. The molecule has 2 aliphatic rings. The molecule has 0 amide bonds. The highest BCUT2D eigenvalue weighted by atomic mass is 16.7. The van der Waals surface area contributed by atoms with Gasteiger partial charge in [-0.2, -0.15) is 0 Å². The Kier molecular flexibility index (Phi) is 4.37. The molecule has 0 bridgehead atoms. The molecule has 4 heteroatoms. The van der Waals surface area contributed by atoms with Gasteiger partial charge in [-0.15, -0.1) is 0 Å². The van der Waals surface area contributed by atoms with E-state index in [2.05, 4.69) is 64.6 Å². The average Bonchev–Trinajstić information content (AvgIpc) is 2.94. The van der Waals surface area contributed by atoms with E-state index in [1.807, 2.05) is 0 Å². The van der Waals surface area contributed by atoms with Crippen molar-refractivity contribution in [2.45, 2.75) is 78.2 Å². The summed E-state index contributed by atoms with van der Waals surface area (Å²) in [4.78, 5) is 2.58. The first-order valence-corrected chi connectivity index (χ1v) is 8.89. The smallest absolute Gasteiger partial charge is 0.399 e. The second-order valence-electron chi connectivity index (χ2n) is 8.24. The summed E-state index contributed by atoms with van der Waals surface area (Å²) in [5.74, 6) is 0. The highest BCUT2D eigenvalue weighted by Gasteiger charge is 2.51. The number of rotatable bonds is 3. The molecule has 0 N–H and O–H groups in total. The zero-order valence-electron chi connectivity index (χ0n) is 15.5. The summed E-state index contributed by atoms with van der Waals surface area (Å²) < 4.78 is 12.4. The van der Waals surface area contributed by atoms with Crippen LogP contribution in [-0.2, 0) is 15.9 Å². The van der Waals surface area contributed by atoms with Crippen LogP contribution in [0.2, 0.25) is 0 Å². The van der Waals surface area contributed by atoms with Crippen LogP contribution >= 0.6 is 0 Å². The first kappa shape index (κ1) is 17.0. The third-order valence-corrected chi connectivity index (χ3v) is 5.96. The fraction of sp³-hybridized carbons (Fsp3) is 0.684. The normalized spacial score (nSPS) is 26.9. The Morgan fingerprint density at radius 1 is 1.17 bits per heavy atom. The fourth-order valence-corrected chi connectivity index (χ4v) is 3.43. The van der Waals surface area contributed by atoms with E-state index in [4.69, 9.17) is 9.31 Å². The molecular weight excluding hydrogens is 285 g/mol. The molecule has 2 fully saturated rings. The van der Waals surface area contributed by atoms with Gasteiger partial charge in [-0.05, 0) is 77.5 Å². The van der Waals surface area contributed by atoms with E-state index in [9.17, 15) is 0 Å². The van der Waals surface area contributed by atoms with Crippen molar-refractivity contribution in [3.63, 3.8) is 0 Å². The van der Waals surface area contributed by atoms with E-state index in [0.717, 1.165) is 12.0 Å². The van der Waals surface area contributed by atoms with E-state index in [1.165, 1.54) is 30.5 Å². The Morgan fingerprint density at radius 3 is 2.39 bits per heavy atom. The van der Waals surface area contributed by atoms with Crippen LogP contribution in [0, 0.1) is 6.92 Å². The van der Waals surface area contributed by atoms with Gasteiger partial charge in [0.05, 0.1) is 11.2 Å². The number of nitrogens with zero attached hydrogens (tertiary/aromatic N) is 1. The van der Waals surface area contributed by atoms with E-state index < -0.39 is 0 Å². The summed E-state index contributed by atoms with van der Waals surface area (Å²) in [6.45, 7) is 15.2. The summed E-state index contributed by atoms with van der Waals surface area (Å²) in [7, 11) is -0.268. The molecule has 1 atom stereocenters. The van der Waals surface area contributed by atoms with Crippen molar-refractivity contribution < 1.29 is 9.31 Å². The number of hydrogen-bond donors (Lipinski definition) is 0. The largest absolute Gasteiger partial charge is 0.494 e. The van der Waals surface area contributed by atoms with E-state index >= 15 is 0 Å². The van der Waals surface area contributed by atoms with Crippen LogP contribution in [-0.4, -0.2) is 35.8 Å². The molecule has 126 valence electrons. The minimum atomic E-state index is -0.286. The average molecular weight is 315 g/mol. The number of benzene rings is 1. The van der Waals surface area contributed by atoms with Crippen LogP contribution in [0.1, 0.15) is 58.6 Å².